The van der Waals surface area contributed by atoms with Gasteiger partial charge >= 0.3 is 12.1 Å². The van der Waals surface area contributed by atoms with Crippen molar-refractivity contribution >= 4 is 17.6 Å². The molecular weight excluding hydrogens is 477 g/mol. The number of hydrogen-bond acceptors (Lipinski definition) is 5. The van der Waals surface area contributed by atoms with Gasteiger partial charge in [0.1, 0.15) is 5.56 Å². The van der Waals surface area contributed by atoms with E-state index in [1.165, 1.54) is 0 Å². The molecule has 0 bridgehead atoms. The van der Waals surface area contributed by atoms with Gasteiger partial charge in [0.25, 0.3) is 11.5 Å². The van der Waals surface area contributed by atoms with E-state index < -0.39 is 12.1 Å². The fourth-order valence-corrected chi connectivity index (χ4v) is 3.90. The van der Waals surface area contributed by atoms with Crippen molar-refractivity contribution in [3.63, 3.8) is 0 Å². The zero-order valence-electron chi connectivity index (χ0n) is 19.6. The van der Waals surface area contributed by atoms with Gasteiger partial charge in [0.05, 0.1) is 0 Å². The number of aromatic amines is 1. The molecule has 2 N–H and O–H groups in total. The Bertz CT molecular complexity index is 1260. The first-order valence-electron chi connectivity index (χ1n) is 11.0. The summed E-state index contributed by atoms with van der Waals surface area (Å²) in [6, 6.07) is 15.5. The van der Waals surface area contributed by atoms with Crippen LogP contribution in [0, 0.1) is 6.92 Å². The van der Waals surface area contributed by atoms with Gasteiger partial charge in [-0.25, -0.2) is 4.79 Å². The third-order valence-corrected chi connectivity index (χ3v) is 5.71. The molecule has 8 nitrogen and oxygen atoms in total. The maximum atomic E-state index is 13.2. The molecule has 1 fully saturated rings. The minimum absolute atomic E-state index is 0.00899. The van der Waals surface area contributed by atoms with Crippen LogP contribution in [0.2, 0.25) is 0 Å². The van der Waals surface area contributed by atoms with E-state index in [-0.39, 0.29) is 23.1 Å². The van der Waals surface area contributed by atoms with Crippen molar-refractivity contribution < 1.29 is 27.9 Å². The normalized spacial score (nSPS) is 15.6. The van der Waals surface area contributed by atoms with Crippen LogP contribution in [0.5, 0.6) is 0 Å². The van der Waals surface area contributed by atoms with Crippen LogP contribution in [0.1, 0.15) is 23.0 Å². The molecule has 0 aliphatic carbocycles. The summed E-state index contributed by atoms with van der Waals surface area (Å²) in [7, 11) is 0. The second kappa shape index (κ2) is 11.1. The summed E-state index contributed by atoms with van der Waals surface area (Å²) < 4.78 is 31.7. The first-order chi connectivity index (χ1) is 17.0. The van der Waals surface area contributed by atoms with Gasteiger partial charge in [0.2, 0.25) is 0 Å². The van der Waals surface area contributed by atoms with E-state index in [1.807, 2.05) is 56.3 Å². The van der Waals surface area contributed by atoms with Crippen molar-refractivity contribution in [2.45, 2.75) is 26.1 Å². The Hall–Kier alpha value is -4.15. The second-order valence-corrected chi connectivity index (χ2v) is 8.22. The lowest BCUT2D eigenvalue weighted by atomic mass is 10.0. The molecular formula is C25H25F3N4O4. The molecule has 11 heteroatoms. The van der Waals surface area contributed by atoms with Crippen molar-refractivity contribution in [3.8, 4) is 11.1 Å². The molecule has 0 saturated carbocycles. The van der Waals surface area contributed by atoms with Gasteiger partial charge in [-0.3, -0.25) is 14.6 Å². The monoisotopic (exact) mass is 502 g/mol. The van der Waals surface area contributed by atoms with Crippen LogP contribution >= 0.6 is 0 Å². The molecule has 2 aromatic heterocycles. The summed E-state index contributed by atoms with van der Waals surface area (Å²) in [5.74, 6) is -2.97. The van der Waals surface area contributed by atoms with Gasteiger partial charge in [-0.15, -0.1) is 0 Å². The Morgan fingerprint density at radius 1 is 1.08 bits per heavy atom. The first kappa shape index (κ1) is 26.5. The summed E-state index contributed by atoms with van der Waals surface area (Å²) in [6.45, 7) is 5.87. The number of anilines is 1. The number of carboxylic acids is 1. The average Bonchev–Trinajstić information content (AvgIpc) is 2.84. The lowest BCUT2D eigenvalue weighted by molar-refractivity contribution is -0.192. The van der Waals surface area contributed by atoms with Gasteiger partial charge < -0.3 is 19.9 Å². The van der Waals surface area contributed by atoms with Crippen LogP contribution in [-0.2, 0) is 4.79 Å². The number of rotatable bonds is 3. The van der Waals surface area contributed by atoms with Gasteiger partial charge in [0, 0.05) is 55.0 Å². The van der Waals surface area contributed by atoms with Crippen molar-refractivity contribution in [1.82, 2.24) is 14.9 Å². The molecule has 1 amide bonds. The summed E-state index contributed by atoms with van der Waals surface area (Å²) in [4.78, 5) is 45.7. The van der Waals surface area contributed by atoms with Crippen LogP contribution < -0.4 is 10.5 Å². The van der Waals surface area contributed by atoms with E-state index >= 15 is 0 Å². The molecule has 1 aliphatic heterocycles. The molecule has 4 rings (SSSR count). The van der Waals surface area contributed by atoms with E-state index in [2.05, 4.69) is 14.9 Å². The Balaban J connectivity index is 0.000000454. The number of benzene rings is 1. The predicted molar refractivity (Wildman–Crippen MR) is 128 cm³/mol. The zero-order chi connectivity index (χ0) is 26.5. The molecule has 1 aliphatic rings. The van der Waals surface area contributed by atoms with E-state index in [1.54, 1.807) is 23.4 Å². The minimum Gasteiger partial charge on any atom is -0.475 e. The van der Waals surface area contributed by atoms with Gasteiger partial charge in [0.15, 0.2) is 0 Å². The van der Waals surface area contributed by atoms with Crippen molar-refractivity contribution in [2.75, 3.05) is 24.5 Å². The van der Waals surface area contributed by atoms with Crippen molar-refractivity contribution in [3.05, 3.63) is 82.5 Å². The highest BCUT2D eigenvalue weighted by Crippen LogP contribution is 2.24. The number of hydrogen-bond donors (Lipinski definition) is 2. The minimum atomic E-state index is -5.08. The Morgan fingerprint density at radius 2 is 1.69 bits per heavy atom. The maximum Gasteiger partial charge on any atom is 0.490 e. The van der Waals surface area contributed by atoms with E-state index in [9.17, 15) is 22.8 Å². The van der Waals surface area contributed by atoms with E-state index in [0.29, 0.717) is 13.1 Å². The van der Waals surface area contributed by atoms with Crippen LogP contribution in [0.4, 0.5) is 18.9 Å². The van der Waals surface area contributed by atoms with Crippen molar-refractivity contribution in [1.29, 1.82) is 0 Å². The number of H-pyrrole nitrogens is 1. The molecule has 1 atom stereocenters. The molecule has 3 heterocycles. The van der Waals surface area contributed by atoms with Gasteiger partial charge in [-0.05, 0) is 37.6 Å². The highest BCUT2D eigenvalue weighted by atomic mass is 19.4. The number of piperazine rings is 1. The van der Waals surface area contributed by atoms with Crippen molar-refractivity contribution in [2.24, 2.45) is 0 Å². The number of aliphatic carboxylic acids is 1. The molecule has 36 heavy (non-hydrogen) atoms. The SMILES string of the molecule is Cc1[nH]c(=O)c(C(=O)N2CCN(c3ccncc3)CC2C)cc1-c1ccccc1.O=C(O)C(F)(F)F. The Kier molecular flexibility index (Phi) is 8.13. The fraction of sp³-hybridized carbons (Fsp3) is 0.280. The summed E-state index contributed by atoms with van der Waals surface area (Å²) in [5.41, 5.74) is 3.56. The number of carbonyl (C=O) groups is 2. The fourth-order valence-electron chi connectivity index (χ4n) is 3.90. The number of nitrogens with zero attached hydrogens (tertiary/aromatic N) is 3. The lowest BCUT2D eigenvalue weighted by Crippen LogP contribution is -2.54. The largest absolute Gasteiger partial charge is 0.490 e. The summed E-state index contributed by atoms with van der Waals surface area (Å²) in [6.07, 6.45) is -1.54. The first-order valence-corrected chi connectivity index (χ1v) is 11.0. The number of pyridine rings is 2. The number of amides is 1. The second-order valence-electron chi connectivity index (χ2n) is 8.22. The lowest BCUT2D eigenvalue weighted by Gasteiger charge is -2.41. The smallest absolute Gasteiger partial charge is 0.475 e. The van der Waals surface area contributed by atoms with Gasteiger partial charge in [-0.2, -0.15) is 13.2 Å². The number of carboxylic acid groups (broad SMARTS) is 1. The molecule has 1 unspecified atom stereocenters. The number of alkyl halides is 3. The molecule has 1 saturated heterocycles. The zero-order valence-corrected chi connectivity index (χ0v) is 19.6. The number of nitrogens with one attached hydrogen (secondary N) is 1. The highest BCUT2D eigenvalue weighted by Gasteiger charge is 2.38. The maximum absolute atomic E-state index is 13.2. The van der Waals surface area contributed by atoms with Gasteiger partial charge in [-0.1, -0.05) is 30.3 Å². The molecule has 0 radical (unpaired) electrons. The molecule has 1 aromatic carbocycles. The van der Waals surface area contributed by atoms with Crippen LogP contribution in [0.15, 0.2) is 65.7 Å². The standard InChI is InChI=1S/C23H24N4O2.C2HF3O2/c1-16-15-26(19-8-10-24-11-9-19)12-13-27(16)23(29)21-14-20(17(2)25-22(21)28)18-6-4-3-5-7-18;3-2(4,5)1(6)7/h3-11,14,16H,12-13,15H2,1-2H3,(H,25,28);(H,6,7). The molecule has 3 aromatic rings. The molecule has 190 valence electrons. The van der Waals surface area contributed by atoms with Crippen LogP contribution in [-0.4, -0.2) is 63.7 Å². The number of carbonyl (C=O) groups excluding carboxylic acids is 1. The average molecular weight is 502 g/mol. The quantitative estimate of drug-likeness (QED) is 0.565. The number of aryl methyl sites for hydroxylation is 1. The number of halogens is 3. The summed E-state index contributed by atoms with van der Waals surface area (Å²) >= 11 is 0. The summed E-state index contributed by atoms with van der Waals surface area (Å²) in [5, 5.41) is 7.12. The Morgan fingerprint density at radius 3 is 2.25 bits per heavy atom. The third kappa shape index (κ3) is 6.29. The molecule has 0 spiro atoms. The van der Waals surface area contributed by atoms with E-state index in [0.717, 1.165) is 29.1 Å². The van der Waals surface area contributed by atoms with Crippen LogP contribution in [0.3, 0.4) is 0 Å². The van der Waals surface area contributed by atoms with Crippen LogP contribution in [0.25, 0.3) is 11.1 Å². The predicted octanol–water partition coefficient (Wildman–Crippen LogP) is 3.73. The topological polar surface area (TPSA) is 107 Å². The third-order valence-electron chi connectivity index (χ3n) is 5.71. The number of aromatic nitrogens is 2. The highest BCUT2D eigenvalue weighted by molar-refractivity contribution is 5.95. The van der Waals surface area contributed by atoms with E-state index in [4.69, 9.17) is 9.90 Å². The Labute approximate surface area is 205 Å².